The van der Waals surface area contributed by atoms with Crippen molar-refractivity contribution in [2.24, 2.45) is 0 Å². The Morgan fingerprint density at radius 3 is 1.46 bits per heavy atom. The first-order chi connectivity index (χ1) is 26.2. The van der Waals surface area contributed by atoms with Crippen LogP contribution in [0.4, 0.5) is 0 Å². The highest BCUT2D eigenvalue weighted by Gasteiger charge is 2.27. The standard InChI is InChI=1S/C43H81O10P/c1-3-5-7-9-11-13-15-17-19-21-22-24-26-28-30-32-34-42(46)50-38-41(39-52-54(48,49)51-37-40(45)36-44)53-43(47)35-33-31-29-27-25-23-20-18-16-14-12-10-8-6-4-2/h12,14,18,20,40-41,44-45H,3-11,13,15-17,19,21-39H2,1-2H3,(H,48,49)/b14-12-,20-18-/t40-,41+/m0/s1. The minimum atomic E-state index is -4.62. The van der Waals surface area contributed by atoms with Gasteiger partial charge in [0, 0.05) is 12.8 Å². The Morgan fingerprint density at radius 2 is 0.963 bits per heavy atom. The van der Waals surface area contributed by atoms with Crippen molar-refractivity contribution < 1.29 is 47.8 Å². The molecule has 54 heavy (non-hydrogen) atoms. The molecule has 0 aliphatic rings. The van der Waals surface area contributed by atoms with Crippen molar-refractivity contribution in [3.63, 3.8) is 0 Å². The summed E-state index contributed by atoms with van der Waals surface area (Å²) in [5, 5.41) is 18.3. The van der Waals surface area contributed by atoms with Gasteiger partial charge in [-0.15, -0.1) is 0 Å². The number of aliphatic hydroxyl groups excluding tert-OH is 2. The number of esters is 2. The van der Waals surface area contributed by atoms with Crippen LogP contribution in [0.5, 0.6) is 0 Å². The molecule has 0 bridgehead atoms. The van der Waals surface area contributed by atoms with Crippen molar-refractivity contribution in [1.29, 1.82) is 0 Å². The molecule has 1 unspecified atom stereocenters. The number of carbonyl (C=O) groups excluding carboxylic acids is 2. The summed E-state index contributed by atoms with van der Waals surface area (Å²) < 4.78 is 32.7. The largest absolute Gasteiger partial charge is 0.472 e. The van der Waals surface area contributed by atoms with Crippen LogP contribution < -0.4 is 0 Å². The predicted molar refractivity (Wildman–Crippen MR) is 219 cm³/mol. The Morgan fingerprint density at radius 1 is 0.556 bits per heavy atom. The summed E-state index contributed by atoms with van der Waals surface area (Å²) in [5.41, 5.74) is 0. The zero-order valence-corrected chi connectivity index (χ0v) is 35.3. The first kappa shape index (κ1) is 52.5. The van der Waals surface area contributed by atoms with E-state index in [0.717, 1.165) is 64.2 Å². The van der Waals surface area contributed by atoms with Crippen LogP contribution >= 0.6 is 7.82 Å². The maximum absolute atomic E-state index is 12.6. The number of hydrogen-bond donors (Lipinski definition) is 3. The smallest absolute Gasteiger partial charge is 0.462 e. The summed E-state index contributed by atoms with van der Waals surface area (Å²) in [6, 6.07) is 0. The molecule has 0 saturated carbocycles. The maximum atomic E-state index is 12.6. The molecular formula is C43H81O10P. The van der Waals surface area contributed by atoms with Gasteiger partial charge in [0.1, 0.15) is 12.7 Å². The molecule has 0 aromatic heterocycles. The number of carbonyl (C=O) groups is 2. The second-order valence-electron chi connectivity index (χ2n) is 14.7. The number of allylic oxidation sites excluding steroid dienone is 4. The van der Waals surface area contributed by atoms with Crippen molar-refractivity contribution in [1.82, 2.24) is 0 Å². The van der Waals surface area contributed by atoms with Gasteiger partial charge in [0.2, 0.25) is 0 Å². The predicted octanol–water partition coefficient (Wildman–Crippen LogP) is 11.4. The van der Waals surface area contributed by atoms with Crippen molar-refractivity contribution >= 4 is 19.8 Å². The van der Waals surface area contributed by atoms with Gasteiger partial charge in [0.15, 0.2) is 6.10 Å². The Hall–Kier alpha value is -1.55. The molecule has 0 aliphatic carbocycles. The van der Waals surface area contributed by atoms with Gasteiger partial charge in [0.05, 0.1) is 19.8 Å². The van der Waals surface area contributed by atoms with Gasteiger partial charge in [0.25, 0.3) is 0 Å². The summed E-state index contributed by atoms with van der Waals surface area (Å²) in [5.74, 6) is -0.933. The molecule has 0 aromatic rings. The van der Waals surface area contributed by atoms with Crippen LogP contribution in [-0.2, 0) is 32.7 Å². The lowest BCUT2D eigenvalue weighted by molar-refractivity contribution is -0.161. The highest BCUT2D eigenvalue weighted by atomic mass is 31.2. The summed E-state index contributed by atoms with van der Waals surface area (Å²) >= 11 is 0. The molecule has 0 rings (SSSR count). The molecule has 318 valence electrons. The molecule has 0 spiro atoms. The Kier molecular flexibility index (Phi) is 38.5. The number of hydrogen-bond acceptors (Lipinski definition) is 9. The minimum Gasteiger partial charge on any atom is -0.462 e. The molecule has 0 aromatic carbocycles. The van der Waals surface area contributed by atoms with Gasteiger partial charge in [-0.05, 0) is 44.9 Å². The fourth-order valence-electron chi connectivity index (χ4n) is 5.96. The van der Waals surface area contributed by atoms with Gasteiger partial charge in [-0.2, -0.15) is 0 Å². The lowest BCUT2D eigenvalue weighted by atomic mass is 10.0. The van der Waals surface area contributed by atoms with Crippen LogP contribution in [0.25, 0.3) is 0 Å². The third-order valence-corrected chi connectivity index (χ3v) is 10.3. The van der Waals surface area contributed by atoms with Crippen LogP contribution in [-0.4, -0.2) is 65.7 Å². The van der Waals surface area contributed by atoms with Crippen LogP contribution in [0.2, 0.25) is 0 Å². The summed E-state index contributed by atoms with van der Waals surface area (Å²) in [4.78, 5) is 35.0. The summed E-state index contributed by atoms with van der Waals surface area (Å²) in [7, 11) is -4.62. The van der Waals surface area contributed by atoms with Crippen LogP contribution in [0.15, 0.2) is 24.3 Å². The van der Waals surface area contributed by atoms with Crippen molar-refractivity contribution in [3.8, 4) is 0 Å². The number of unbranched alkanes of at least 4 members (excludes halogenated alkanes) is 23. The third kappa shape index (κ3) is 38.7. The van der Waals surface area contributed by atoms with E-state index in [1.54, 1.807) is 0 Å². The van der Waals surface area contributed by atoms with Gasteiger partial charge in [-0.1, -0.05) is 167 Å². The van der Waals surface area contributed by atoms with Gasteiger partial charge >= 0.3 is 19.8 Å². The number of phosphoric acid groups is 1. The fraction of sp³-hybridized carbons (Fsp3) is 0.860. The maximum Gasteiger partial charge on any atom is 0.472 e. The normalized spacial score (nSPS) is 14.1. The highest BCUT2D eigenvalue weighted by molar-refractivity contribution is 7.47. The average Bonchev–Trinajstić information content (AvgIpc) is 3.16. The Labute approximate surface area is 329 Å². The molecule has 11 heteroatoms. The summed E-state index contributed by atoms with van der Waals surface area (Å²) in [6.07, 6.45) is 38.5. The molecule has 3 N–H and O–H groups in total. The van der Waals surface area contributed by atoms with E-state index in [1.165, 1.54) is 96.3 Å². The fourth-order valence-corrected chi connectivity index (χ4v) is 6.75. The van der Waals surface area contributed by atoms with Gasteiger partial charge in [-0.3, -0.25) is 18.6 Å². The van der Waals surface area contributed by atoms with E-state index >= 15 is 0 Å². The van der Waals surface area contributed by atoms with Crippen molar-refractivity contribution in [2.75, 3.05) is 26.4 Å². The van der Waals surface area contributed by atoms with Crippen molar-refractivity contribution in [3.05, 3.63) is 24.3 Å². The Balaban J connectivity index is 4.29. The molecule has 10 nitrogen and oxygen atoms in total. The lowest BCUT2D eigenvalue weighted by Gasteiger charge is -2.20. The molecule has 3 atom stereocenters. The molecular weight excluding hydrogens is 707 g/mol. The molecule has 0 amide bonds. The molecule has 0 aliphatic heterocycles. The molecule has 0 saturated heterocycles. The Bertz CT molecular complexity index is 957. The number of phosphoric ester groups is 1. The van der Waals surface area contributed by atoms with Gasteiger partial charge in [-0.25, -0.2) is 4.57 Å². The zero-order valence-electron chi connectivity index (χ0n) is 34.4. The quantitative estimate of drug-likeness (QED) is 0.0236. The highest BCUT2D eigenvalue weighted by Crippen LogP contribution is 2.43. The van der Waals surface area contributed by atoms with Crippen LogP contribution in [0.1, 0.15) is 200 Å². The van der Waals surface area contributed by atoms with E-state index in [9.17, 15) is 24.2 Å². The first-order valence-electron chi connectivity index (χ1n) is 21.8. The second-order valence-corrected chi connectivity index (χ2v) is 16.2. The van der Waals surface area contributed by atoms with Crippen LogP contribution in [0, 0.1) is 0 Å². The monoisotopic (exact) mass is 789 g/mol. The van der Waals surface area contributed by atoms with Crippen molar-refractivity contribution in [2.45, 2.75) is 212 Å². The lowest BCUT2D eigenvalue weighted by Crippen LogP contribution is -2.29. The average molecular weight is 789 g/mol. The molecule has 0 heterocycles. The van der Waals surface area contributed by atoms with E-state index in [1.807, 2.05) is 0 Å². The first-order valence-corrected chi connectivity index (χ1v) is 23.3. The molecule has 0 radical (unpaired) electrons. The van der Waals surface area contributed by atoms with E-state index in [-0.39, 0.29) is 19.4 Å². The topological polar surface area (TPSA) is 149 Å². The minimum absolute atomic E-state index is 0.171. The van der Waals surface area contributed by atoms with E-state index in [0.29, 0.717) is 12.8 Å². The van der Waals surface area contributed by atoms with Gasteiger partial charge < -0.3 is 24.6 Å². The molecule has 0 fully saturated rings. The third-order valence-electron chi connectivity index (χ3n) is 9.36. The van der Waals surface area contributed by atoms with E-state index in [2.05, 4.69) is 42.7 Å². The van der Waals surface area contributed by atoms with E-state index in [4.69, 9.17) is 19.1 Å². The SMILES string of the molecule is CCCCC/C=C\C/C=C\CCCCCCCC(=O)O[C@H](COC(=O)CCCCCCCCCCCCCCCCCC)COP(=O)(O)OC[C@@H](O)CO. The zero-order chi connectivity index (χ0) is 39.8. The van der Waals surface area contributed by atoms with E-state index < -0.39 is 51.8 Å². The number of aliphatic hydroxyl groups is 2. The summed E-state index contributed by atoms with van der Waals surface area (Å²) in [6.45, 7) is 2.36. The number of rotatable bonds is 41. The second kappa shape index (κ2) is 39.7. The number of ether oxygens (including phenoxy) is 2. The van der Waals surface area contributed by atoms with Crippen LogP contribution in [0.3, 0.4) is 0 Å².